The van der Waals surface area contributed by atoms with Gasteiger partial charge in [-0.25, -0.2) is 9.37 Å². The number of anilines is 1. The Morgan fingerprint density at radius 3 is 2.73 bits per heavy atom. The number of nitrogens with zero attached hydrogens (tertiary/aromatic N) is 3. The Bertz CT molecular complexity index is 811. The molecule has 3 rings (SSSR count). The lowest BCUT2D eigenvalue weighted by molar-refractivity contribution is -0.138. The number of alkyl halides is 3. The lowest BCUT2D eigenvalue weighted by Crippen LogP contribution is -2.33. The van der Waals surface area contributed by atoms with Gasteiger partial charge in [0.15, 0.2) is 0 Å². The van der Waals surface area contributed by atoms with Crippen molar-refractivity contribution in [1.82, 2.24) is 10.3 Å². The second kappa shape index (κ2) is 7.30. The van der Waals surface area contributed by atoms with Crippen molar-refractivity contribution in [1.29, 1.82) is 5.26 Å². The fraction of sp³-hybridized carbons (Fsp3) is 0.333. The molecule has 1 aromatic heterocycles. The maximum absolute atomic E-state index is 13.2. The first kappa shape index (κ1) is 18.1. The van der Waals surface area contributed by atoms with Gasteiger partial charge in [-0.3, -0.25) is 0 Å². The second-order valence-corrected chi connectivity index (χ2v) is 6.13. The van der Waals surface area contributed by atoms with E-state index in [2.05, 4.69) is 10.3 Å². The highest BCUT2D eigenvalue weighted by molar-refractivity contribution is 5.43. The third-order valence-corrected chi connectivity index (χ3v) is 4.35. The molecule has 1 atom stereocenters. The quantitative estimate of drug-likeness (QED) is 0.844. The lowest BCUT2D eigenvalue weighted by Gasteiger charge is -2.19. The van der Waals surface area contributed by atoms with Crippen LogP contribution in [0.4, 0.5) is 23.4 Å². The first-order valence-electron chi connectivity index (χ1n) is 8.07. The number of nitriles is 1. The van der Waals surface area contributed by atoms with Crippen LogP contribution in [0.3, 0.4) is 0 Å². The molecule has 0 radical (unpaired) electrons. The van der Waals surface area contributed by atoms with Gasteiger partial charge in [-0.1, -0.05) is 6.07 Å². The molecule has 1 fully saturated rings. The van der Waals surface area contributed by atoms with Gasteiger partial charge < -0.3 is 10.2 Å². The highest BCUT2D eigenvalue weighted by Gasteiger charge is 2.34. The van der Waals surface area contributed by atoms with Crippen LogP contribution >= 0.6 is 0 Å². The topological polar surface area (TPSA) is 52.0 Å². The highest BCUT2D eigenvalue weighted by Crippen LogP contribution is 2.32. The fourth-order valence-electron chi connectivity index (χ4n) is 3.00. The lowest BCUT2D eigenvalue weighted by atomic mass is 10.1. The van der Waals surface area contributed by atoms with Crippen molar-refractivity contribution >= 4 is 5.82 Å². The number of hydrogen-bond donors (Lipinski definition) is 1. The second-order valence-electron chi connectivity index (χ2n) is 6.13. The zero-order valence-corrected chi connectivity index (χ0v) is 13.7. The van der Waals surface area contributed by atoms with E-state index in [-0.39, 0.29) is 18.2 Å². The van der Waals surface area contributed by atoms with E-state index in [1.165, 1.54) is 12.3 Å². The maximum Gasteiger partial charge on any atom is 0.416 e. The predicted octanol–water partition coefficient (Wildman–Crippen LogP) is 3.48. The van der Waals surface area contributed by atoms with Crippen molar-refractivity contribution in [3.63, 3.8) is 0 Å². The van der Waals surface area contributed by atoms with Crippen LogP contribution in [-0.4, -0.2) is 24.1 Å². The summed E-state index contributed by atoms with van der Waals surface area (Å²) in [6.07, 6.45) is -2.35. The van der Waals surface area contributed by atoms with Crippen molar-refractivity contribution < 1.29 is 17.6 Å². The van der Waals surface area contributed by atoms with Crippen molar-refractivity contribution in [3.8, 4) is 6.07 Å². The van der Waals surface area contributed by atoms with Gasteiger partial charge in [0.1, 0.15) is 17.7 Å². The summed E-state index contributed by atoms with van der Waals surface area (Å²) in [5.74, 6) is -0.175. The van der Waals surface area contributed by atoms with E-state index in [4.69, 9.17) is 5.26 Å². The van der Waals surface area contributed by atoms with Gasteiger partial charge in [-0.2, -0.15) is 18.4 Å². The third-order valence-electron chi connectivity index (χ3n) is 4.35. The summed E-state index contributed by atoms with van der Waals surface area (Å²) in [4.78, 5) is 6.23. The molecule has 8 heteroatoms. The molecule has 0 amide bonds. The molecule has 136 valence electrons. The van der Waals surface area contributed by atoms with Crippen LogP contribution in [0.25, 0.3) is 0 Å². The average molecular weight is 364 g/mol. The molecule has 4 nitrogen and oxygen atoms in total. The molecule has 0 bridgehead atoms. The van der Waals surface area contributed by atoms with Crippen LogP contribution in [-0.2, 0) is 12.7 Å². The SMILES string of the molecule is N#Cc1ccc(N2CCC(NCc3ccc(F)cc3C(F)(F)F)C2)nc1. The molecule has 0 spiro atoms. The molecule has 1 aliphatic rings. The van der Waals surface area contributed by atoms with Crippen molar-refractivity contribution in [3.05, 3.63) is 59.0 Å². The van der Waals surface area contributed by atoms with E-state index in [1.807, 2.05) is 11.0 Å². The summed E-state index contributed by atoms with van der Waals surface area (Å²) in [6.45, 7) is 1.32. The van der Waals surface area contributed by atoms with Crippen molar-refractivity contribution in [2.24, 2.45) is 0 Å². The third kappa shape index (κ3) is 4.11. The number of benzene rings is 1. The fourth-order valence-corrected chi connectivity index (χ4v) is 3.00. The molecule has 0 saturated carbocycles. The molecule has 2 aromatic rings. The smallest absolute Gasteiger partial charge is 0.355 e. The number of aromatic nitrogens is 1. The van der Waals surface area contributed by atoms with E-state index >= 15 is 0 Å². The van der Waals surface area contributed by atoms with E-state index in [1.54, 1.807) is 12.1 Å². The Balaban J connectivity index is 1.62. The summed E-state index contributed by atoms with van der Waals surface area (Å²) in [5, 5.41) is 11.9. The molecule has 1 saturated heterocycles. The van der Waals surface area contributed by atoms with Gasteiger partial charge in [-0.05, 0) is 36.2 Å². The summed E-state index contributed by atoms with van der Waals surface area (Å²) in [6, 6.07) is 8.16. The number of pyridine rings is 1. The molecule has 1 unspecified atom stereocenters. The number of hydrogen-bond acceptors (Lipinski definition) is 4. The molecule has 0 aliphatic carbocycles. The van der Waals surface area contributed by atoms with Gasteiger partial charge in [0.05, 0.1) is 11.1 Å². The highest BCUT2D eigenvalue weighted by atomic mass is 19.4. The van der Waals surface area contributed by atoms with Crippen LogP contribution in [0.2, 0.25) is 0 Å². The van der Waals surface area contributed by atoms with Crippen LogP contribution < -0.4 is 10.2 Å². The molecular weight excluding hydrogens is 348 g/mol. The Kier molecular flexibility index (Phi) is 5.09. The standard InChI is InChI=1S/C18H16F4N4/c19-14-3-2-13(16(7-14)18(20,21)22)10-24-15-5-6-26(11-15)17-4-1-12(8-23)9-25-17/h1-4,7,9,15,24H,5-6,10-11H2. The average Bonchev–Trinajstić information content (AvgIpc) is 3.09. The van der Waals surface area contributed by atoms with Crippen LogP contribution in [0.1, 0.15) is 23.1 Å². The number of rotatable bonds is 4. The van der Waals surface area contributed by atoms with E-state index in [9.17, 15) is 17.6 Å². The minimum Gasteiger partial charge on any atom is -0.355 e. The predicted molar refractivity (Wildman–Crippen MR) is 87.8 cm³/mol. The maximum atomic E-state index is 13.2. The zero-order chi connectivity index (χ0) is 18.7. The molecule has 1 aliphatic heterocycles. The first-order valence-corrected chi connectivity index (χ1v) is 8.07. The van der Waals surface area contributed by atoms with Crippen molar-refractivity contribution in [2.75, 3.05) is 18.0 Å². The minimum absolute atomic E-state index is 0.00131. The van der Waals surface area contributed by atoms with Crippen molar-refractivity contribution in [2.45, 2.75) is 25.2 Å². The molecule has 1 aromatic carbocycles. The summed E-state index contributed by atoms with van der Waals surface area (Å²) in [5.41, 5.74) is -0.457. The van der Waals surface area contributed by atoms with Gasteiger partial charge in [0, 0.05) is 31.9 Å². The van der Waals surface area contributed by atoms with E-state index < -0.39 is 17.6 Å². The van der Waals surface area contributed by atoms with E-state index in [0.29, 0.717) is 24.7 Å². The normalized spacial score (nSPS) is 17.3. The molecule has 1 N–H and O–H groups in total. The zero-order valence-electron chi connectivity index (χ0n) is 13.7. The number of nitrogens with one attached hydrogen (secondary N) is 1. The summed E-state index contributed by atoms with van der Waals surface area (Å²) >= 11 is 0. The van der Waals surface area contributed by atoms with Crippen LogP contribution in [0.5, 0.6) is 0 Å². The Morgan fingerprint density at radius 1 is 1.27 bits per heavy atom. The summed E-state index contributed by atoms with van der Waals surface area (Å²) < 4.78 is 52.3. The largest absolute Gasteiger partial charge is 0.416 e. The Morgan fingerprint density at radius 2 is 2.08 bits per heavy atom. The van der Waals surface area contributed by atoms with Crippen LogP contribution in [0.15, 0.2) is 36.5 Å². The Hall–Kier alpha value is -2.66. The first-order chi connectivity index (χ1) is 12.4. The van der Waals surface area contributed by atoms with Crippen LogP contribution in [0, 0.1) is 17.1 Å². The molecular formula is C18H16F4N4. The van der Waals surface area contributed by atoms with Gasteiger partial charge in [0.2, 0.25) is 0 Å². The number of halogens is 4. The Labute approximate surface area is 148 Å². The monoisotopic (exact) mass is 364 g/mol. The molecule has 2 heterocycles. The van der Waals surface area contributed by atoms with Gasteiger partial charge in [0.25, 0.3) is 0 Å². The molecule has 26 heavy (non-hydrogen) atoms. The minimum atomic E-state index is -4.59. The van der Waals surface area contributed by atoms with E-state index in [0.717, 1.165) is 18.3 Å². The van der Waals surface area contributed by atoms with Gasteiger partial charge >= 0.3 is 6.18 Å². The summed E-state index contributed by atoms with van der Waals surface area (Å²) in [7, 11) is 0. The van der Waals surface area contributed by atoms with Gasteiger partial charge in [-0.15, -0.1) is 0 Å².